The first-order valence-corrected chi connectivity index (χ1v) is 7.25. The third kappa shape index (κ3) is 2.52. The van der Waals surface area contributed by atoms with E-state index in [1.54, 1.807) is 6.92 Å². The molecule has 3 atom stereocenters. The normalized spacial score (nSPS) is 30.3. The Kier molecular flexibility index (Phi) is 3.31. The molecule has 3 rings (SSSR count). The van der Waals surface area contributed by atoms with Gasteiger partial charge in [0.1, 0.15) is 0 Å². The molecule has 0 bridgehead atoms. The summed E-state index contributed by atoms with van der Waals surface area (Å²) in [7, 11) is 0. The Morgan fingerprint density at radius 3 is 2.63 bits per heavy atom. The number of hydrogen-bond acceptors (Lipinski definition) is 2. The van der Waals surface area contributed by atoms with Crippen LogP contribution in [0.5, 0.6) is 0 Å². The Bertz CT molecular complexity index is 471. The second-order valence-electron chi connectivity index (χ2n) is 5.93. The number of carbonyl (C=O) groups is 1. The first-order valence-electron chi connectivity index (χ1n) is 7.25. The highest BCUT2D eigenvalue weighted by molar-refractivity contribution is 5.95. The highest BCUT2D eigenvalue weighted by Gasteiger charge is 2.54. The summed E-state index contributed by atoms with van der Waals surface area (Å²) in [5.74, 6) is 1.67. The van der Waals surface area contributed by atoms with Gasteiger partial charge in [-0.25, -0.2) is 0 Å². The molecule has 2 aliphatic carbocycles. The molecule has 1 aromatic carbocycles. The molecule has 19 heavy (non-hydrogen) atoms. The molecule has 0 saturated heterocycles. The molecule has 2 saturated carbocycles. The van der Waals surface area contributed by atoms with Gasteiger partial charge in [-0.3, -0.25) is 4.79 Å². The Balaban J connectivity index is 1.65. The SMILES string of the molecule is CC(O)c1cccc(NC(=O)C2C3CCCCC32)c1. The predicted octanol–water partition coefficient (Wildman–Crippen LogP) is 3.11. The van der Waals surface area contributed by atoms with E-state index in [1.165, 1.54) is 25.7 Å². The van der Waals surface area contributed by atoms with E-state index < -0.39 is 6.10 Å². The van der Waals surface area contributed by atoms with Gasteiger partial charge < -0.3 is 10.4 Å². The summed E-state index contributed by atoms with van der Waals surface area (Å²) in [4.78, 5) is 12.2. The van der Waals surface area contributed by atoms with Crippen LogP contribution in [0.4, 0.5) is 5.69 Å². The minimum Gasteiger partial charge on any atom is -0.389 e. The number of aliphatic hydroxyl groups excluding tert-OH is 1. The lowest BCUT2D eigenvalue weighted by atomic mass is 10.0. The number of nitrogens with one attached hydrogen (secondary N) is 1. The van der Waals surface area contributed by atoms with Gasteiger partial charge in [-0.15, -0.1) is 0 Å². The maximum Gasteiger partial charge on any atom is 0.228 e. The van der Waals surface area contributed by atoms with Gasteiger partial charge in [-0.05, 0) is 49.3 Å². The molecule has 0 aromatic heterocycles. The zero-order valence-corrected chi connectivity index (χ0v) is 11.3. The first kappa shape index (κ1) is 12.7. The molecule has 3 nitrogen and oxygen atoms in total. The van der Waals surface area contributed by atoms with E-state index in [1.807, 2.05) is 24.3 Å². The third-order valence-corrected chi connectivity index (χ3v) is 4.60. The van der Waals surface area contributed by atoms with Crippen LogP contribution < -0.4 is 5.32 Å². The molecular formula is C16H21NO2. The number of amides is 1. The summed E-state index contributed by atoms with van der Waals surface area (Å²) in [6.45, 7) is 1.73. The van der Waals surface area contributed by atoms with Crippen molar-refractivity contribution in [1.29, 1.82) is 0 Å². The van der Waals surface area contributed by atoms with Crippen LogP contribution in [0.3, 0.4) is 0 Å². The molecule has 2 N–H and O–H groups in total. The largest absolute Gasteiger partial charge is 0.389 e. The van der Waals surface area contributed by atoms with E-state index in [-0.39, 0.29) is 11.8 Å². The number of fused-ring (bicyclic) bond motifs is 1. The monoisotopic (exact) mass is 259 g/mol. The standard InChI is InChI=1S/C16H21NO2/c1-10(18)11-5-4-6-12(9-11)17-16(19)15-13-7-2-3-8-14(13)15/h4-6,9-10,13-15,18H,2-3,7-8H2,1H3,(H,17,19). The zero-order chi connectivity index (χ0) is 13.4. The molecule has 2 aliphatic rings. The fraction of sp³-hybridized carbons (Fsp3) is 0.562. The van der Waals surface area contributed by atoms with Gasteiger partial charge >= 0.3 is 0 Å². The fourth-order valence-electron chi connectivity index (χ4n) is 3.48. The smallest absolute Gasteiger partial charge is 0.228 e. The van der Waals surface area contributed by atoms with Crippen molar-refractivity contribution >= 4 is 11.6 Å². The van der Waals surface area contributed by atoms with E-state index in [2.05, 4.69) is 5.32 Å². The highest BCUT2D eigenvalue weighted by Crippen LogP contribution is 2.55. The van der Waals surface area contributed by atoms with Crippen molar-refractivity contribution < 1.29 is 9.90 Å². The molecule has 0 spiro atoms. The number of hydrogen-bond donors (Lipinski definition) is 2. The second kappa shape index (κ2) is 4.97. The summed E-state index contributed by atoms with van der Waals surface area (Å²) in [6, 6.07) is 7.49. The number of carbonyl (C=O) groups excluding carboxylic acids is 1. The lowest BCUT2D eigenvalue weighted by Crippen LogP contribution is -2.15. The molecule has 0 heterocycles. The Hall–Kier alpha value is -1.35. The summed E-state index contributed by atoms with van der Waals surface area (Å²) in [6.07, 6.45) is 4.50. The minimum absolute atomic E-state index is 0.166. The van der Waals surface area contributed by atoms with Crippen LogP contribution in [0.25, 0.3) is 0 Å². The van der Waals surface area contributed by atoms with Crippen molar-refractivity contribution in [3.05, 3.63) is 29.8 Å². The second-order valence-corrected chi connectivity index (χ2v) is 5.93. The van der Waals surface area contributed by atoms with Gasteiger partial charge in [-0.1, -0.05) is 25.0 Å². The lowest BCUT2D eigenvalue weighted by Gasteiger charge is -2.09. The number of rotatable bonds is 3. The average molecular weight is 259 g/mol. The minimum atomic E-state index is -0.500. The maximum absolute atomic E-state index is 12.2. The van der Waals surface area contributed by atoms with Crippen molar-refractivity contribution in [2.24, 2.45) is 17.8 Å². The molecule has 3 unspecified atom stereocenters. The molecule has 0 radical (unpaired) electrons. The van der Waals surface area contributed by atoms with Crippen LogP contribution in [-0.4, -0.2) is 11.0 Å². The van der Waals surface area contributed by atoms with Gasteiger partial charge in [0.05, 0.1) is 6.10 Å². The highest BCUT2D eigenvalue weighted by atomic mass is 16.3. The molecule has 102 valence electrons. The van der Waals surface area contributed by atoms with E-state index in [9.17, 15) is 9.90 Å². The molecule has 3 heteroatoms. The van der Waals surface area contributed by atoms with Gasteiger partial charge in [0, 0.05) is 11.6 Å². The van der Waals surface area contributed by atoms with Crippen LogP contribution in [0.1, 0.15) is 44.3 Å². The Morgan fingerprint density at radius 2 is 2.00 bits per heavy atom. The van der Waals surface area contributed by atoms with Gasteiger partial charge in [0.15, 0.2) is 0 Å². The number of aliphatic hydroxyl groups is 1. The molecule has 0 aliphatic heterocycles. The van der Waals surface area contributed by atoms with E-state index in [0.717, 1.165) is 11.3 Å². The summed E-state index contributed by atoms with van der Waals surface area (Å²) < 4.78 is 0. The Labute approximate surface area is 114 Å². The van der Waals surface area contributed by atoms with Gasteiger partial charge in [-0.2, -0.15) is 0 Å². The van der Waals surface area contributed by atoms with Crippen LogP contribution in [0.2, 0.25) is 0 Å². The average Bonchev–Trinajstić information content (AvgIpc) is 3.13. The van der Waals surface area contributed by atoms with E-state index >= 15 is 0 Å². The van der Waals surface area contributed by atoms with Crippen LogP contribution in [0.15, 0.2) is 24.3 Å². The third-order valence-electron chi connectivity index (χ3n) is 4.60. The Morgan fingerprint density at radius 1 is 1.32 bits per heavy atom. The first-order chi connectivity index (χ1) is 9.16. The van der Waals surface area contributed by atoms with Crippen LogP contribution in [-0.2, 0) is 4.79 Å². The number of benzene rings is 1. The quantitative estimate of drug-likeness (QED) is 0.876. The van der Waals surface area contributed by atoms with Crippen molar-refractivity contribution in [2.75, 3.05) is 5.32 Å². The molecule has 1 aromatic rings. The van der Waals surface area contributed by atoms with Crippen molar-refractivity contribution in [1.82, 2.24) is 0 Å². The lowest BCUT2D eigenvalue weighted by molar-refractivity contribution is -0.117. The van der Waals surface area contributed by atoms with E-state index in [4.69, 9.17) is 0 Å². The van der Waals surface area contributed by atoms with Crippen LogP contribution in [0, 0.1) is 17.8 Å². The zero-order valence-electron chi connectivity index (χ0n) is 11.3. The summed E-state index contributed by atoms with van der Waals surface area (Å²) in [5, 5.41) is 12.6. The number of anilines is 1. The maximum atomic E-state index is 12.2. The fourth-order valence-corrected chi connectivity index (χ4v) is 3.48. The van der Waals surface area contributed by atoms with E-state index in [0.29, 0.717) is 11.8 Å². The summed E-state index contributed by atoms with van der Waals surface area (Å²) in [5.41, 5.74) is 1.64. The van der Waals surface area contributed by atoms with Crippen LogP contribution >= 0.6 is 0 Å². The van der Waals surface area contributed by atoms with Crippen molar-refractivity contribution in [3.8, 4) is 0 Å². The van der Waals surface area contributed by atoms with Crippen molar-refractivity contribution in [3.63, 3.8) is 0 Å². The van der Waals surface area contributed by atoms with Gasteiger partial charge in [0.25, 0.3) is 0 Å². The molecule has 2 fully saturated rings. The molecular weight excluding hydrogens is 238 g/mol. The molecule has 1 amide bonds. The van der Waals surface area contributed by atoms with Crippen molar-refractivity contribution in [2.45, 2.75) is 38.7 Å². The predicted molar refractivity (Wildman–Crippen MR) is 74.6 cm³/mol. The topological polar surface area (TPSA) is 49.3 Å². The summed E-state index contributed by atoms with van der Waals surface area (Å²) >= 11 is 0. The van der Waals surface area contributed by atoms with Gasteiger partial charge in [0.2, 0.25) is 5.91 Å².